The summed E-state index contributed by atoms with van der Waals surface area (Å²) in [5.41, 5.74) is 1.43. The number of rotatable bonds is 6. The molecular formula is C12H16BrNO4. The molecule has 0 saturated carbocycles. The van der Waals surface area contributed by atoms with Crippen LogP contribution in [0.5, 0.6) is 0 Å². The maximum Gasteiger partial charge on any atom is 0.337 e. The maximum atomic E-state index is 11.3. The van der Waals surface area contributed by atoms with Gasteiger partial charge in [-0.15, -0.1) is 0 Å². The number of carbonyl (C=O) groups is 1. The van der Waals surface area contributed by atoms with E-state index < -0.39 is 6.10 Å². The van der Waals surface area contributed by atoms with Gasteiger partial charge in [0.05, 0.1) is 25.4 Å². The lowest BCUT2D eigenvalue weighted by Gasteiger charge is -2.10. The molecule has 0 aromatic heterocycles. The molecule has 3 N–H and O–H groups in total. The Morgan fingerprint density at radius 1 is 1.56 bits per heavy atom. The number of methoxy groups -OCH3 is 1. The molecule has 0 aliphatic heterocycles. The first-order valence-electron chi connectivity index (χ1n) is 5.45. The van der Waals surface area contributed by atoms with Crippen LogP contribution in [0.25, 0.3) is 0 Å². The summed E-state index contributed by atoms with van der Waals surface area (Å²) in [4.78, 5) is 11.3. The Labute approximate surface area is 114 Å². The number of esters is 1. The molecule has 0 radical (unpaired) electrons. The molecule has 0 saturated heterocycles. The zero-order valence-electron chi connectivity index (χ0n) is 10.0. The SMILES string of the molecule is COC(=O)c1ccc(CNCC(O)CO)c(Br)c1. The molecule has 1 atom stereocenters. The van der Waals surface area contributed by atoms with Gasteiger partial charge in [0.1, 0.15) is 0 Å². The van der Waals surface area contributed by atoms with Crippen LogP contribution in [0.3, 0.4) is 0 Å². The van der Waals surface area contributed by atoms with Crippen LogP contribution in [0.1, 0.15) is 15.9 Å². The van der Waals surface area contributed by atoms with Gasteiger partial charge >= 0.3 is 5.97 Å². The van der Waals surface area contributed by atoms with E-state index in [4.69, 9.17) is 10.2 Å². The molecule has 0 fully saturated rings. The van der Waals surface area contributed by atoms with Gasteiger partial charge < -0.3 is 20.3 Å². The third-order valence-electron chi connectivity index (χ3n) is 2.38. The minimum absolute atomic E-state index is 0.268. The van der Waals surface area contributed by atoms with Gasteiger partial charge in [-0.2, -0.15) is 0 Å². The first kappa shape index (κ1) is 15.1. The summed E-state index contributed by atoms with van der Waals surface area (Å²) in [5.74, 6) is -0.383. The summed E-state index contributed by atoms with van der Waals surface area (Å²) in [5, 5.41) is 20.8. The second-order valence-electron chi connectivity index (χ2n) is 3.77. The number of aliphatic hydroxyl groups excluding tert-OH is 2. The smallest absolute Gasteiger partial charge is 0.337 e. The van der Waals surface area contributed by atoms with Gasteiger partial charge in [-0.05, 0) is 17.7 Å². The van der Waals surface area contributed by atoms with E-state index in [1.165, 1.54) is 7.11 Å². The molecule has 1 unspecified atom stereocenters. The van der Waals surface area contributed by atoms with E-state index in [0.717, 1.165) is 10.0 Å². The first-order chi connectivity index (χ1) is 8.58. The van der Waals surface area contributed by atoms with Crippen molar-refractivity contribution in [3.05, 3.63) is 33.8 Å². The topological polar surface area (TPSA) is 78.8 Å². The third-order valence-corrected chi connectivity index (χ3v) is 3.12. The fraction of sp³-hybridized carbons (Fsp3) is 0.417. The van der Waals surface area contributed by atoms with E-state index in [1.54, 1.807) is 18.2 Å². The second kappa shape index (κ2) is 7.48. The van der Waals surface area contributed by atoms with Gasteiger partial charge in [-0.3, -0.25) is 0 Å². The number of carbonyl (C=O) groups excluding carboxylic acids is 1. The van der Waals surface area contributed by atoms with Crippen LogP contribution < -0.4 is 5.32 Å². The molecule has 5 nitrogen and oxygen atoms in total. The van der Waals surface area contributed by atoms with Crippen molar-refractivity contribution in [1.82, 2.24) is 5.32 Å². The minimum Gasteiger partial charge on any atom is -0.465 e. The van der Waals surface area contributed by atoms with Crippen LogP contribution in [0, 0.1) is 0 Å². The van der Waals surface area contributed by atoms with E-state index in [1.807, 2.05) is 0 Å². The first-order valence-corrected chi connectivity index (χ1v) is 6.24. The predicted octanol–water partition coefficient (Wildman–Crippen LogP) is 0.678. The monoisotopic (exact) mass is 317 g/mol. The molecule has 0 aliphatic rings. The van der Waals surface area contributed by atoms with Crippen LogP contribution >= 0.6 is 15.9 Å². The highest BCUT2D eigenvalue weighted by molar-refractivity contribution is 9.10. The Bertz CT molecular complexity index is 411. The molecule has 6 heteroatoms. The molecule has 0 aliphatic carbocycles. The average Bonchev–Trinajstić information content (AvgIpc) is 2.39. The standard InChI is InChI=1S/C12H16BrNO4/c1-18-12(17)8-2-3-9(11(13)4-8)5-14-6-10(16)7-15/h2-4,10,14-16H,5-7H2,1H3. The van der Waals surface area contributed by atoms with Gasteiger partial charge in [0.15, 0.2) is 0 Å². The van der Waals surface area contributed by atoms with Crippen molar-refractivity contribution >= 4 is 21.9 Å². The van der Waals surface area contributed by atoms with Gasteiger partial charge in [0, 0.05) is 17.6 Å². The van der Waals surface area contributed by atoms with Gasteiger partial charge in [0.2, 0.25) is 0 Å². The molecular weight excluding hydrogens is 302 g/mol. The van der Waals surface area contributed by atoms with Gasteiger partial charge in [0.25, 0.3) is 0 Å². The summed E-state index contributed by atoms with van der Waals surface area (Å²) in [6, 6.07) is 5.16. The highest BCUT2D eigenvalue weighted by atomic mass is 79.9. The minimum atomic E-state index is -0.766. The van der Waals surface area contributed by atoms with E-state index >= 15 is 0 Å². The zero-order valence-corrected chi connectivity index (χ0v) is 11.6. The molecule has 1 aromatic rings. The highest BCUT2D eigenvalue weighted by Crippen LogP contribution is 2.19. The Hall–Kier alpha value is -0.950. The number of hydrogen-bond donors (Lipinski definition) is 3. The van der Waals surface area contributed by atoms with Crippen molar-refractivity contribution in [3.8, 4) is 0 Å². The molecule has 1 aromatic carbocycles. The molecule has 0 bridgehead atoms. The quantitative estimate of drug-likeness (QED) is 0.672. The van der Waals surface area contributed by atoms with Crippen LogP contribution in [0.15, 0.2) is 22.7 Å². The van der Waals surface area contributed by atoms with Crippen LogP contribution in [0.4, 0.5) is 0 Å². The van der Waals surface area contributed by atoms with Crippen LogP contribution in [-0.2, 0) is 11.3 Å². The maximum absolute atomic E-state index is 11.3. The summed E-state index contributed by atoms with van der Waals surface area (Å²) in [6.07, 6.45) is -0.766. The van der Waals surface area contributed by atoms with Crippen LogP contribution in [0.2, 0.25) is 0 Å². The number of nitrogens with one attached hydrogen (secondary N) is 1. The van der Waals surface area contributed by atoms with E-state index in [9.17, 15) is 4.79 Å². The third kappa shape index (κ3) is 4.38. The fourth-order valence-electron chi connectivity index (χ4n) is 1.37. The van der Waals surface area contributed by atoms with Crippen molar-refractivity contribution in [2.24, 2.45) is 0 Å². The highest BCUT2D eigenvalue weighted by Gasteiger charge is 2.08. The van der Waals surface area contributed by atoms with E-state index in [0.29, 0.717) is 18.7 Å². The van der Waals surface area contributed by atoms with E-state index in [2.05, 4.69) is 26.0 Å². The van der Waals surface area contributed by atoms with Crippen molar-refractivity contribution < 1.29 is 19.7 Å². The van der Waals surface area contributed by atoms with Crippen LogP contribution in [-0.4, -0.2) is 42.5 Å². The van der Waals surface area contributed by atoms with Crippen molar-refractivity contribution in [3.63, 3.8) is 0 Å². The molecule has 0 heterocycles. The number of benzene rings is 1. The summed E-state index contributed by atoms with van der Waals surface area (Å²) in [6.45, 7) is 0.566. The zero-order chi connectivity index (χ0) is 13.5. The van der Waals surface area contributed by atoms with E-state index in [-0.39, 0.29) is 12.6 Å². The Morgan fingerprint density at radius 3 is 2.83 bits per heavy atom. The number of hydrogen-bond acceptors (Lipinski definition) is 5. The fourth-order valence-corrected chi connectivity index (χ4v) is 1.89. The molecule has 0 spiro atoms. The normalized spacial score (nSPS) is 12.2. The molecule has 18 heavy (non-hydrogen) atoms. The van der Waals surface area contributed by atoms with Gasteiger partial charge in [-0.1, -0.05) is 22.0 Å². The predicted molar refractivity (Wildman–Crippen MR) is 70.3 cm³/mol. The lowest BCUT2D eigenvalue weighted by atomic mass is 10.1. The van der Waals surface area contributed by atoms with Crippen molar-refractivity contribution in [1.29, 1.82) is 0 Å². The number of ether oxygens (including phenoxy) is 1. The Morgan fingerprint density at radius 2 is 2.28 bits per heavy atom. The largest absolute Gasteiger partial charge is 0.465 e. The molecule has 1 rings (SSSR count). The summed E-state index contributed by atoms with van der Waals surface area (Å²) in [7, 11) is 1.34. The Balaban J connectivity index is 2.60. The summed E-state index contributed by atoms with van der Waals surface area (Å²) >= 11 is 3.37. The molecule has 0 amide bonds. The van der Waals surface area contributed by atoms with Crippen molar-refractivity contribution in [2.75, 3.05) is 20.3 Å². The molecule has 100 valence electrons. The average molecular weight is 318 g/mol. The van der Waals surface area contributed by atoms with Gasteiger partial charge in [-0.25, -0.2) is 4.79 Å². The number of aliphatic hydroxyl groups is 2. The lowest BCUT2D eigenvalue weighted by molar-refractivity contribution is 0.0600. The summed E-state index contributed by atoms with van der Waals surface area (Å²) < 4.78 is 5.41. The second-order valence-corrected chi connectivity index (χ2v) is 4.62. The number of halogens is 1. The lowest BCUT2D eigenvalue weighted by Crippen LogP contribution is -2.29. The van der Waals surface area contributed by atoms with Crippen molar-refractivity contribution in [2.45, 2.75) is 12.6 Å². The Kier molecular flexibility index (Phi) is 6.28.